The van der Waals surface area contributed by atoms with E-state index in [-0.39, 0.29) is 10.2 Å². The number of rotatable bonds is 3. The van der Waals surface area contributed by atoms with Crippen molar-refractivity contribution in [2.24, 2.45) is 0 Å². The van der Waals surface area contributed by atoms with Crippen molar-refractivity contribution in [2.75, 3.05) is 6.61 Å². The summed E-state index contributed by atoms with van der Waals surface area (Å²) in [5, 5.41) is 8.64. The quantitative estimate of drug-likeness (QED) is 0.870. The Labute approximate surface area is 97.0 Å². The molecule has 2 nitrogen and oxygen atoms in total. The van der Waals surface area contributed by atoms with Crippen LogP contribution >= 0.6 is 15.9 Å². The third-order valence-electron chi connectivity index (χ3n) is 1.59. The van der Waals surface area contributed by atoms with Gasteiger partial charge in [-0.1, -0.05) is 0 Å². The van der Waals surface area contributed by atoms with Crippen LogP contribution < -0.4 is 4.74 Å². The van der Waals surface area contributed by atoms with Crippen LogP contribution in [0.3, 0.4) is 0 Å². The van der Waals surface area contributed by atoms with Crippen LogP contribution in [-0.4, -0.2) is 24.0 Å². The minimum Gasteiger partial charge on any atom is -0.489 e. The molecule has 0 saturated carbocycles. The lowest BCUT2D eigenvalue weighted by Gasteiger charge is -2.15. The Hall–Kier alpha value is -0.820. The monoisotopic (exact) mass is 301 g/mol. The van der Waals surface area contributed by atoms with Crippen LogP contribution in [-0.2, 0) is 0 Å². The van der Waals surface area contributed by atoms with Crippen molar-refractivity contribution in [2.45, 2.75) is 12.3 Å². The van der Waals surface area contributed by atoms with Crippen LogP contribution in [0.1, 0.15) is 0 Å². The Morgan fingerprint density at radius 3 is 2.62 bits per heavy atom. The molecule has 0 aliphatic carbocycles. The van der Waals surface area contributed by atoms with Crippen LogP contribution in [0.2, 0.25) is 0 Å². The molecular formula is C9H6BrF4O2. The number of aliphatic hydroxyl groups excluding tert-OH is 1. The lowest BCUT2D eigenvalue weighted by Crippen LogP contribution is -2.34. The Bertz CT molecular complexity index is 367. The summed E-state index contributed by atoms with van der Waals surface area (Å²) in [7, 11) is 0. The number of aliphatic hydroxyl groups is 1. The van der Waals surface area contributed by atoms with Crippen molar-refractivity contribution in [3.8, 4) is 5.75 Å². The van der Waals surface area contributed by atoms with Gasteiger partial charge in [-0.25, -0.2) is 4.39 Å². The Morgan fingerprint density at radius 1 is 1.50 bits per heavy atom. The van der Waals surface area contributed by atoms with E-state index in [1.54, 1.807) is 0 Å². The van der Waals surface area contributed by atoms with Crippen LogP contribution in [0.5, 0.6) is 5.75 Å². The molecule has 0 saturated heterocycles. The molecule has 0 fully saturated rings. The summed E-state index contributed by atoms with van der Waals surface area (Å²) in [6, 6.07) is 4.23. The third kappa shape index (κ3) is 3.64. The predicted octanol–water partition coefficient (Wildman–Crippen LogP) is 2.69. The van der Waals surface area contributed by atoms with E-state index < -0.39 is 24.7 Å². The highest BCUT2D eigenvalue weighted by atomic mass is 79.9. The maximum atomic E-state index is 12.6. The molecule has 1 aromatic rings. The first-order valence-corrected chi connectivity index (χ1v) is 4.84. The summed E-state index contributed by atoms with van der Waals surface area (Å²) in [4.78, 5) is 0. The van der Waals surface area contributed by atoms with Crippen molar-refractivity contribution in [1.29, 1.82) is 0 Å². The molecule has 0 aromatic heterocycles. The lowest BCUT2D eigenvalue weighted by molar-refractivity contribution is -0.210. The van der Waals surface area contributed by atoms with E-state index in [1.807, 2.05) is 0 Å². The molecule has 1 unspecified atom stereocenters. The highest BCUT2D eigenvalue weighted by Gasteiger charge is 2.38. The van der Waals surface area contributed by atoms with E-state index >= 15 is 0 Å². The molecule has 0 aliphatic heterocycles. The standard InChI is InChI=1S/C9H6BrF4O2/c10-6-3-5(11)1-2-7(6)16-4-8(15)9(12,13)14/h1,3,8,15H,4H2. The van der Waals surface area contributed by atoms with Gasteiger partial charge in [-0.15, -0.1) is 0 Å². The average Bonchev–Trinajstić information content (AvgIpc) is 2.14. The number of benzene rings is 1. The van der Waals surface area contributed by atoms with Crippen molar-refractivity contribution in [3.63, 3.8) is 0 Å². The summed E-state index contributed by atoms with van der Waals surface area (Å²) in [6.07, 6.45) is -7.33. The Kier molecular flexibility index (Phi) is 4.15. The second kappa shape index (κ2) is 5.01. The first-order chi connectivity index (χ1) is 7.30. The predicted molar refractivity (Wildman–Crippen MR) is 50.5 cm³/mol. The van der Waals surface area contributed by atoms with E-state index in [1.165, 1.54) is 0 Å². The van der Waals surface area contributed by atoms with E-state index in [0.29, 0.717) is 0 Å². The van der Waals surface area contributed by atoms with Gasteiger partial charge in [-0.3, -0.25) is 0 Å². The molecule has 0 heterocycles. The van der Waals surface area contributed by atoms with Crippen molar-refractivity contribution in [1.82, 2.24) is 0 Å². The van der Waals surface area contributed by atoms with Gasteiger partial charge in [0, 0.05) is 6.07 Å². The van der Waals surface area contributed by atoms with Crippen LogP contribution in [0.15, 0.2) is 16.6 Å². The van der Waals surface area contributed by atoms with Gasteiger partial charge in [0.05, 0.1) is 4.47 Å². The highest BCUT2D eigenvalue weighted by Crippen LogP contribution is 2.26. The molecule has 0 amide bonds. The minimum absolute atomic E-state index is 0.0929. The van der Waals surface area contributed by atoms with E-state index in [2.05, 4.69) is 26.7 Å². The molecule has 16 heavy (non-hydrogen) atoms. The molecule has 89 valence electrons. The summed E-state index contributed by atoms with van der Waals surface area (Å²) in [5.41, 5.74) is 0. The molecule has 7 heteroatoms. The second-order valence-corrected chi connectivity index (χ2v) is 3.72. The number of alkyl halides is 3. The zero-order chi connectivity index (χ0) is 12.3. The topological polar surface area (TPSA) is 29.5 Å². The SMILES string of the molecule is OC(COc1[c]cc(F)cc1Br)C(F)(F)F. The van der Waals surface area contributed by atoms with Crippen molar-refractivity contribution >= 4 is 15.9 Å². The van der Waals surface area contributed by atoms with E-state index in [4.69, 9.17) is 5.11 Å². The fourth-order valence-electron chi connectivity index (χ4n) is 0.799. The normalized spacial score (nSPS) is 13.6. The van der Waals surface area contributed by atoms with Gasteiger partial charge < -0.3 is 9.84 Å². The molecular weight excluding hydrogens is 296 g/mol. The first kappa shape index (κ1) is 13.2. The van der Waals surface area contributed by atoms with E-state index in [9.17, 15) is 17.6 Å². The fraction of sp³-hybridized carbons (Fsp3) is 0.333. The average molecular weight is 302 g/mol. The molecule has 1 atom stereocenters. The number of halogens is 5. The van der Waals surface area contributed by atoms with Gasteiger partial charge in [-0.2, -0.15) is 13.2 Å². The van der Waals surface area contributed by atoms with Gasteiger partial charge in [-0.05, 0) is 28.1 Å². The summed E-state index contributed by atoms with van der Waals surface area (Å²) in [6.45, 7) is -0.968. The molecule has 1 radical (unpaired) electrons. The van der Waals surface area contributed by atoms with Gasteiger partial charge in [0.15, 0.2) is 6.10 Å². The summed E-state index contributed by atoms with van der Waals surface area (Å²) >= 11 is 2.89. The molecule has 0 bridgehead atoms. The molecule has 1 rings (SSSR count). The molecule has 1 aromatic carbocycles. The summed E-state index contributed by atoms with van der Waals surface area (Å²) < 4.78 is 53.1. The number of hydrogen-bond acceptors (Lipinski definition) is 2. The van der Waals surface area contributed by atoms with E-state index in [0.717, 1.165) is 12.1 Å². The second-order valence-electron chi connectivity index (χ2n) is 2.86. The van der Waals surface area contributed by atoms with Crippen molar-refractivity contribution in [3.05, 3.63) is 28.5 Å². The third-order valence-corrected chi connectivity index (χ3v) is 2.18. The zero-order valence-corrected chi connectivity index (χ0v) is 9.27. The maximum absolute atomic E-state index is 12.6. The molecule has 0 aliphatic rings. The van der Waals surface area contributed by atoms with Crippen LogP contribution in [0, 0.1) is 11.9 Å². The van der Waals surface area contributed by atoms with Gasteiger partial charge in [0.1, 0.15) is 18.2 Å². The summed E-state index contributed by atoms with van der Waals surface area (Å²) in [5.74, 6) is -0.694. The Balaban J connectivity index is 2.62. The highest BCUT2D eigenvalue weighted by molar-refractivity contribution is 9.10. The molecule has 1 N–H and O–H groups in total. The smallest absolute Gasteiger partial charge is 0.417 e. The number of hydrogen-bond donors (Lipinski definition) is 1. The van der Waals surface area contributed by atoms with Gasteiger partial charge >= 0.3 is 6.18 Å². The molecule has 0 spiro atoms. The van der Waals surface area contributed by atoms with Crippen LogP contribution in [0.25, 0.3) is 0 Å². The maximum Gasteiger partial charge on any atom is 0.417 e. The zero-order valence-electron chi connectivity index (χ0n) is 7.68. The largest absolute Gasteiger partial charge is 0.489 e. The van der Waals surface area contributed by atoms with Crippen molar-refractivity contribution < 1.29 is 27.4 Å². The fourth-order valence-corrected chi connectivity index (χ4v) is 1.25. The first-order valence-electron chi connectivity index (χ1n) is 4.05. The van der Waals surface area contributed by atoms with Crippen LogP contribution in [0.4, 0.5) is 17.6 Å². The minimum atomic E-state index is -4.74. The Morgan fingerprint density at radius 2 is 2.12 bits per heavy atom. The number of ether oxygens (including phenoxy) is 1. The lowest BCUT2D eigenvalue weighted by atomic mass is 10.3. The van der Waals surface area contributed by atoms with Gasteiger partial charge in [0.2, 0.25) is 0 Å². The van der Waals surface area contributed by atoms with Gasteiger partial charge in [0.25, 0.3) is 0 Å².